The Hall–Kier alpha value is -3.51. The van der Waals surface area contributed by atoms with Crippen LogP contribution in [0, 0.1) is 5.41 Å². The minimum Gasteiger partial charge on any atom is -0.444 e. The van der Waals surface area contributed by atoms with Gasteiger partial charge in [0.05, 0.1) is 24.3 Å². The van der Waals surface area contributed by atoms with Gasteiger partial charge in [-0.2, -0.15) is 0 Å². The molecule has 244 valence electrons. The van der Waals surface area contributed by atoms with Crippen LogP contribution in [0.15, 0.2) is 60.7 Å². The number of rotatable bonds is 14. The van der Waals surface area contributed by atoms with Crippen LogP contribution in [0.25, 0.3) is 0 Å². The first-order valence-corrected chi connectivity index (χ1v) is 14.9. The summed E-state index contributed by atoms with van der Waals surface area (Å²) in [5.74, 6) is -1.80. The van der Waals surface area contributed by atoms with Gasteiger partial charge in [-0.1, -0.05) is 81.4 Å². The average molecular weight is 615 g/mol. The van der Waals surface area contributed by atoms with Crippen LogP contribution in [0.1, 0.15) is 52.7 Å². The number of ether oxygens (including phenoxy) is 1. The van der Waals surface area contributed by atoms with Gasteiger partial charge < -0.3 is 41.3 Å². The number of amides is 3. The van der Waals surface area contributed by atoms with Gasteiger partial charge in [-0.3, -0.25) is 9.59 Å². The van der Waals surface area contributed by atoms with Crippen molar-refractivity contribution in [1.29, 1.82) is 0 Å². The van der Waals surface area contributed by atoms with E-state index in [1.165, 1.54) is 7.05 Å². The third kappa shape index (κ3) is 10.9. The molecular weight excluding hydrogens is 564 g/mol. The first-order chi connectivity index (χ1) is 20.5. The first-order valence-electron chi connectivity index (χ1n) is 14.9. The van der Waals surface area contributed by atoms with Crippen molar-refractivity contribution in [3.8, 4) is 0 Å². The van der Waals surface area contributed by atoms with E-state index >= 15 is 0 Å². The highest BCUT2D eigenvalue weighted by Crippen LogP contribution is 2.31. The van der Waals surface area contributed by atoms with Crippen molar-refractivity contribution in [3.63, 3.8) is 0 Å². The molecule has 0 aliphatic carbocycles. The van der Waals surface area contributed by atoms with Crippen molar-refractivity contribution >= 4 is 17.9 Å². The van der Waals surface area contributed by atoms with Gasteiger partial charge in [-0.15, -0.1) is 0 Å². The normalized spacial score (nSPS) is 16.0. The number of benzene rings is 2. The Morgan fingerprint density at radius 1 is 0.727 bits per heavy atom. The molecule has 2 aromatic carbocycles. The third-order valence-corrected chi connectivity index (χ3v) is 7.22. The Bertz CT molecular complexity index is 1200. The lowest BCUT2D eigenvalue weighted by atomic mass is 9.74. The van der Waals surface area contributed by atoms with Crippen molar-refractivity contribution in [2.75, 3.05) is 20.1 Å². The largest absolute Gasteiger partial charge is 0.444 e. The molecule has 0 spiro atoms. The number of carbonyl (C=O) groups is 3. The van der Waals surface area contributed by atoms with Gasteiger partial charge in [0.15, 0.2) is 0 Å². The van der Waals surface area contributed by atoms with E-state index in [9.17, 15) is 29.7 Å². The maximum absolute atomic E-state index is 13.4. The second kappa shape index (κ2) is 16.0. The van der Waals surface area contributed by atoms with Crippen LogP contribution in [0.4, 0.5) is 4.79 Å². The van der Waals surface area contributed by atoms with E-state index in [1.807, 2.05) is 60.7 Å². The number of likely N-dealkylation sites (N-methyl/N-ethyl adjacent to an activating group) is 1. The SMILES string of the molecule is CNC(=O)C(O)(C(=O)N[C@@H](Cc1ccccc1)[C@H](O)CNC[C@@H](O)[C@H](Cc1ccccc1)NC(=O)OC(C)(C)C)C(C)(C)C. The highest BCUT2D eigenvalue weighted by atomic mass is 16.6. The minimum atomic E-state index is -2.40. The van der Waals surface area contributed by atoms with E-state index in [0.717, 1.165) is 11.1 Å². The molecule has 44 heavy (non-hydrogen) atoms. The zero-order valence-corrected chi connectivity index (χ0v) is 26.9. The topological polar surface area (TPSA) is 169 Å². The number of nitrogens with one attached hydrogen (secondary N) is 4. The molecule has 0 aromatic heterocycles. The summed E-state index contributed by atoms with van der Waals surface area (Å²) in [6.07, 6.45) is -2.35. The molecular formula is C33H50N4O7. The van der Waals surface area contributed by atoms with Crippen LogP contribution in [0.3, 0.4) is 0 Å². The van der Waals surface area contributed by atoms with Crippen LogP contribution >= 0.6 is 0 Å². The monoisotopic (exact) mass is 614 g/mol. The molecule has 3 amide bonds. The van der Waals surface area contributed by atoms with E-state index < -0.39 is 58.8 Å². The van der Waals surface area contributed by atoms with E-state index in [2.05, 4.69) is 21.3 Å². The molecule has 0 bridgehead atoms. The highest BCUT2D eigenvalue weighted by molar-refractivity contribution is 6.09. The number of aliphatic hydroxyl groups excluding tert-OH is 2. The molecule has 0 saturated carbocycles. The second-order valence-electron chi connectivity index (χ2n) is 13.0. The quantitative estimate of drug-likeness (QED) is 0.158. The first kappa shape index (κ1) is 36.7. The van der Waals surface area contributed by atoms with Crippen molar-refractivity contribution in [1.82, 2.24) is 21.3 Å². The number of aliphatic hydroxyl groups is 3. The van der Waals surface area contributed by atoms with Gasteiger partial charge >= 0.3 is 6.09 Å². The highest BCUT2D eigenvalue weighted by Gasteiger charge is 2.53. The van der Waals surface area contributed by atoms with Crippen LogP contribution in [0.2, 0.25) is 0 Å². The number of alkyl carbamates (subject to hydrolysis) is 1. The summed E-state index contributed by atoms with van der Waals surface area (Å²) in [5, 5.41) is 44.4. The zero-order valence-electron chi connectivity index (χ0n) is 26.9. The molecule has 1 unspecified atom stereocenters. The summed E-state index contributed by atoms with van der Waals surface area (Å²) >= 11 is 0. The lowest BCUT2D eigenvalue weighted by Crippen LogP contribution is -2.66. The van der Waals surface area contributed by atoms with Crippen molar-refractivity contribution in [2.24, 2.45) is 5.41 Å². The Morgan fingerprint density at radius 3 is 1.55 bits per heavy atom. The van der Waals surface area contributed by atoms with Crippen LogP contribution in [0.5, 0.6) is 0 Å². The standard InChI is InChI=1S/C33H50N4O7/c1-31(2,3)33(43,28(40)34-7)29(41)36-24(18-22-14-10-8-11-15-22)26(38)20-35-21-27(39)25(19-23-16-12-9-13-17-23)37-30(42)44-32(4,5)6/h8-17,24-27,35,38-39,43H,18-21H2,1-7H3,(H,34,40)(H,36,41)(H,37,42)/t24-,25-,26+,27+,33?/m0/s1. The Morgan fingerprint density at radius 2 is 1.16 bits per heavy atom. The Labute approximate surface area is 260 Å². The second-order valence-corrected chi connectivity index (χ2v) is 13.0. The van der Waals surface area contributed by atoms with Crippen molar-refractivity contribution in [3.05, 3.63) is 71.8 Å². The zero-order chi connectivity index (χ0) is 33.1. The summed E-state index contributed by atoms with van der Waals surface area (Å²) in [6, 6.07) is 17.0. The molecule has 5 atom stereocenters. The lowest BCUT2D eigenvalue weighted by molar-refractivity contribution is -0.166. The van der Waals surface area contributed by atoms with E-state index in [4.69, 9.17) is 4.74 Å². The summed E-state index contributed by atoms with van der Waals surface area (Å²) < 4.78 is 5.39. The maximum atomic E-state index is 13.4. The molecule has 7 N–H and O–H groups in total. The Balaban J connectivity index is 2.17. The summed E-state index contributed by atoms with van der Waals surface area (Å²) in [5.41, 5.74) is -2.56. The average Bonchev–Trinajstić information content (AvgIpc) is 2.94. The van der Waals surface area contributed by atoms with Crippen molar-refractivity contribution in [2.45, 2.75) is 89.9 Å². The van der Waals surface area contributed by atoms with Gasteiger partial charge in [0.1, 0.15) is 5.60 Å². The molecule has 0 saturated heterocycles. The van der Waals surface area contributed by atoms with E-state index in [1.54, 1.807) is 41.5 Å². The fraction of sp³-hybridized carbons (Fsp3) is 0.545. The fourth-order valence-corrected chi connectivity index (χ4v) is 4.66. The molecule has 2 rings (SSSR count). The predicted octanol–water partition coefficient (Wildman–Crippen LogP) is 1.68. The molecule has 0 aliphatic heterocycles. The summed E-state index contributed by atoms with van der Waals surface area (Å²) in [7, 11) is 1.33. The molecule has 11 heteroatoms. The third-order valence-electron chi connectivity index (χ3n) is 7.22. The van der Waals surface area contributed by atoms with Gasteiger partial charge in [0, 0.05) is 25.6 Å². The summed E-state index contributed by atoms with van der Waals surface area (Å²) in [4.78, 5) is 38.6. The molecule has 0 heterocycles. The van der Waals surface area contributed by atoms with Crippen LogP contribution < -0.4 is 21.3 Å². The minimum absolute atomic E-state index is 0.000527. The molecule has 0 radical (unpaired) electrons. The molecule has 2 aromatic rings. The Kier molecular flexibility index (Phi) is 13.3. The lowest BCUT2D eigenvalue weighted by Gasteiger charge is -2.38. The molecule has 11 nitrogen and oxygen atoms in total. The van der Waals surface area contributed by atoms with Crippen LogP contribution in [-0.4, -0.2) is 88.9 Å². The van der Waals surface area contributed by atoms with E-state index in [0.29, 0.717) is 6.42 Å². The van der Waals surface area contributed by atoms with Gasteiger partial charge in [-0.05, 0) is 44.7 Å². The summed E-state index contributed by atoms with van der Waals surface area (Å²) in [6.45, 7) is 9.92. The van der Waals surface area contributed by atoms with Gasteiger partial charge in [0.2, 0.25) is 5.60 Å². The number of hydrogen-bond acceptors (Lipinski definition) is 8. The maximum Gasteiger partial charge on any atom is 0.407 e. The number of carbonyl (C=O) groups excluding carboxylic acids is 3. The fourth-order valence-electron chi connectivity index (χ4n) is 4.66. The van der Waals surface area contributed by atoms with Gasteiger partial charge in [-0.25, -0.2) is 4.79 Å². The van der Waals surface area contributed by atoms with Gasteiger partial charge in [0.25, 0.3) is 11.8 Å². The number of hydrogen-bond donors (Lipinski definition) is 7. The molecule has 0 fully saturated rings. The van der Waals surface area contributed by atoms with Crippen molar-refractivity contribution < 1.29 is 34.4 Å². The van der Waals surface area contributed by atoms with E-state index in [-0.39, 0.29) is 19.5 Å². The smallest absolute Gasteiger partial charge is 0.407 e. The van der Waals surface area contributed by atoms with Crippen LogP contribution in [-0.2, 0) is 27.2 Å². The predicted molar refractivity (Wildman–Crippen MR) is 169 cm³/mol. The molecule has 0 aliphatic rings.